The van der Waals surface area contributed by atoms with Crippen molar-refractivity contribution in [2.45, 2.75) is 66.4 Å². The van der Waals surface area contributed by atoms with Gasteiger partial charge in [0.2, 0.25) is 0 Å². The third-order valence-electron chi connectivity index (χ3n) is 6.50. The van der Waals surface area contributed by atoms with Gasteiger partial charge >= 0.3 is 5.97 Å². The molecule has 2 aromatic carbocycles. The third-order valence-corrected chi connectivity index (χ3v) is 6.50. The molecule has 1 fully saturated rings. The molecular formula is C33H42N2O2. The topological polar surface area (TPSA) is 42.4 Å². The second-order valence-corrected chi connectivity index (χ2v) is 10.0. The van der Waals surface area contributed by atoms with Crippen molar-refractivity contribution < 1.29 is 9.53 Å². The number of esters is 1. The van der Waals surface area contributed by atoms with Crippen LogP contribution in [0.4, 0.5) is 5.82 Å². The highest BCUT2D eigenvalue weighted by atomic mass is 16.5. The van der Waals surface area contributed by atoms with Crippen molar-refractivity contribution in [3.63, 3.8) is 0 Å². The summed E-state index contributed by atoms with van der Waals surface area (Å²) in [6.45, 7) is 16.2. The van der Waals surface area contributed by atoms with Gasteiger partial charge in [0.15, 0.2) is 0 Å². The van der Waals surface area contributed by atoms with Crippen molar-refractivity contribution in [3.05, 3.63) is 95.7 Å². The van der Waals surface area contributed by atoms with Gasteiger partial charge in [0.05, 0.1) is 6.10 Å². The summed E-state index contributed by atoms with van der Waals surface area (Å²) in [6.07, 6.45) is 5.76. The fraction of sp³-hybridized carbons (Fsp3) is 0.394. The van der Waals surface area contributed by atoms with E-state index in [9.17, 15) is 4.79 Å². The minimum absolute atomic E-state index is 0.159. The number of pyridine rings is 1. The summed E-state index contributed by atoms with van der Waals surface area (Å²) in [4.78, 5) is 19.2. The van der Waals surface area contributed by atoms with Gasteiger partial charge in [-0.3, -0.25) is 0 Å². The fourth-order valence-electron chi connectivity index (χ4n) is 4.53. The minimum atomic E-state index is -0.315. The summed E-state index contributed by atoms with van der Waals surface area (Å²) in [6, 6.07) is 21.2. The highest BCUT2D eigenvalue weighted by molar-refractivity contribution is 5.95. The van der Waals surface area contributed by atoms with Crippen LogP contribution >= 0.6 is 0 Å². The van der Waals surface area contributed by atoms with Crippen molar-refractivity contribution in [2.75, 3.05) is 18.0 Å². The summed E-state index contributed by atoms with van der Waals surface area (Å²) in [5, 5.41) is 0. The smallest absolute Gasteiger partial charge is 0.342 e. The lowest BCUT2D eigenvalue weighted by Crippen LogP contribution is -2.25. The minimum Gasteiger partial charge on any atom is -0.459 e. The molecule has 4 nitrogen and oxygen atoms in total. The van der Waals surface area contributed by atoms with Gasteiger partial charge in [0.1, 0.15) is 11.4 Å². The molecule has 1 aliphatic rings. The largest absolute Gasteiger partial charge is 0.459 e. The molecule has 1 aromatic heterocycles. The molecule has 196 valence electrons. The average molecular weight is 499 g/mol. The zero-order chi connectivity index (χ0) is 26.8. The Labute approximate surface area is 223 Å². The number of hydrogen-bond acceptors (Lipinski definition) is 4. The Kier molecular flexibility index (Phi) is 10.5. The molecule has 0 amide bonds. The van der Waals surface area contributed by atoms with E-state index in [0.29, 0.717) is 17.3 Å². The van der Waals surface area contributed by atoms with Crippen LogP contribution in [0.3, 0.4) is 0 Å². The molecule has 2 heterocycles. The lowest BCUT2D eigenvalue weighted by atomic mass is 9.93. The fourth-order valence-corrected chi connectivity index (χ4v) is 4.53. The maximum atomic E-state index is 12.5. The second kappa shape index (κ2) is 13.8. The predicted octanol–water partition coefficient (Wildman–Crippen LogP) is 7.92. The molecule has 1 aliphatic heterocycles. The van der Waals surface area contributed by atoms with Gasteiger partial charge in [0.25, 0.3) is 0 Å². The molecule has 1 atom stereocenters. The van der Waals surface area contributed by atoms with Gasteiger partial charge in [-0.2, -0.15) is 0 Å². The Hall–Kier alpha value is -3.40. The number of aryl methyl sites for hydroxylation is 1. The van der Waals surface area contributed by atoms with Crippen LogP contribution in [0.25, 0.3) is 11.1 Å². The molecule has 4 heteroatoms. The van der Waals surface area contributed by atoms with Gasteiger partial charge in [-0.05, 0) is 73.4 Å². The van der Waals surface area contributed by atoms with E-state index in [-0.39, 0.29) is 12.1 Å². The number of carbonyl (C=O) groups is 1. The van der Waals surface area contributed by atoms with Gasteiger partial charge in [-0.15, -0.1) is 0 Å². The third kappa shape index (κ3) is 7.79. The van der Waals surface area contributed by atoms with E-state index >= 15 is 0 Å². The van der Waals surface area contributed by atoms with Gasteiger partial charge < -0.3 is 9.64 Å². The Bertz CT molecular complexity index is 1150. The van der Waals surface area contributed by atoms with Crippen LogP contribution in [0.1, 0.15) is 68.9 Å². The summed E-state index contributed by atoms with van der Waals surface area (Å²) in [5.74, 6) is 0.768. The predicted molar refractivity (Wildman–Crippen MR) is 155 cm³/mol. The molecule has 0 bridgehead atoms. The first-order valence-electron chi connectivity index (χ1n) is 13.6. The molecule has 0 unspecified atom stereocenters. The van der Waals surface area contributed by atoms with Crippen molar-refractivity contribution in [3.8, 4) is 11.1 Å². The first-order valence-corrected chi connectivity index (χ1v) is 13.6. The molecule has 0 saturated carbocycles. The van der Waals surface area contributed by atoms with E-state index in [0.717, 1.165) is 32.4 Å². The number of nitrogens with zero attached hydrogens (tertiary/aromatic N) is 2. The maximum Gasteiger partial charge on any atom is 0.342 e. The van der Waals surface area contributed by atoms with Gasteiger partial charge in [0, 0.05) is 19.3 Å². The van der Waals surface area contributed by atoms with Crippen LogP contribution < -0.4 is 4.90 Å². The maximum absolute atomic E-state index is 12.5. The zero-order valence-electron chi connectivity index (χ0n) is 23.2. The molecular weight excluding hydrogens is 456 g/mol. The molecule has 3 aromatic rings. The van der Waals surface area contributed by atoms with Crippen LogP contribution in [0.2, 0.25) is 0 Å². The molecule has 0 spiro atoms. The molecule has 37 heavy (non-hydrogen) atoms. The highest BCUT2D eigenvalue weighted by Gasteiger charge is 2.28. The van der Waals surface area contributed by atoms with Gasteiger partial charge in [-0.1, -0.05) is 87.9 Å². The molecule has 1 saturated heterocycles. The van der Waals surface area contributed by atoms with Gasteiger partial charge in [-0.25, -0.2) is 9.78 Å². The van der Waals surface area contributed by atoms with E-state index in [1.165, 1.54) is 34.2 Å². The number of anilines is 1. The Balaban J connectivity index is 0.00000121. The molecule has 0 radical (unpaired) electrons. The van der Waals surface area contributed by atoms with Crippen LogP contribution in [0, 0.1) is 5.92 Å². The summed E-state index contributed by atoms with van der Waals surface area (Å²) < 4.78 is 5.42. The Morgan fingerprint density at radius 3 is 2.16 bits per heavy atom. The Morgan fingerprint density at radius 2 is 1.59 bits per heavy atom. The molecule has 0 N–H and O–H groups in total. The summed E-state index contributed by atoms with van der Waals surface area (Å²) in [7, 11) is 0. The zero-order valence-corrected chi connectivity index (χ0v) is 23.2. The summed E-state index contributed by atoms with van der Waals surface area (Å²) >= 11 is 0. The number of benzene rings is 2. The second-order valence-electron chi connectivity index (χ2n) is 10.0. The van der Waals surface area contributed by atoms with E-state index in [1.54, 1.807) is 18.3 Å². The normalized spacial score (nSPS) is 14.8. The van der Waals surface area contributed by atoms with E-state index in [1.807, 2.05) is 13.8 Å². The SMILES string of the molecule is C=C(Cc1ccc(-c2ccc(CC)cc2)cc1)[C@@H]1CCN(c2ncccc2C(=O)OC(C)C)C1.CCC. The van der Waals surface area contributed by atoms with E-state index < -0.39 is 0 Å². The monoisotopic (exact) mass is 498 g/mol. The van der Waals surface area contributed by atoms with Crippen LogP contribution in [-0.4, -0.2) is 30.1 Å². The number of carbonyl (C=O) groups excluding carboxylic acids is 1. The van der Waals surface area contributed by atoms with Crippen molar-refractivity contribution >= 4 is 11.8 Å². The number of hydrogen-bond donors (Lipinski definition) is 0. The van der Waals surface area contributed by atoms with Crippen LogP contribution in [0.15, 0.2) is 79.0 Å². The first kappa shape index (κ1) is 28.2. The molecule has 4 rings (SSSR count). The highest BCUT2D eigenvalue weighted by Crippen LogP contribution is 2.31. The number of ether oxygens (including phenoxy) is 1. The van der Waals surface area contributed by atoms with Crippen molar-refractivity contribution in [1.82, 2.24) is 4.98 Å². The quantitative estimate of drug-likeness (QED) is 0.234. The van der Waals surface area contributed by atoms with E-state index in [2.05, 4.69) is 85.8 Å². The first-order chi connectivity index (χ1) is 17.9. The number of aromatic nitrogens is 1. The summed E-state index contributed by atoms with van der Waals surface area (Å²) in [5.41, 5.74) is 6.87. The average Bonchev–Trinajstić information content (AvgIpc) is 3.40. The number of rotatable bonds is 8. The molecule has 0 aliphatic carbocycles. The van der Waals surface area contributed by atoms with Crippen LogP contribution in [0.5, 0.6) is 0 Å². The van der Waals surface area contributed by atoms with Crippen molar-refractivity contribution in [2.24, 2.45) is 5.92 Å². The standard InChI is InChI=1S/C30H34N2O2.C3H8/c1-5-23-8-12-25(13-9-23)26-14-10-24(11-15-26)19-22(4)27-16-18-32(20-27)29-28(7-6-17-31-29)30(33)34-21(2)3;1-3-2/h6-15,17,21,27H,4-5,16,18-20H2,1-3H3;3H2,1-2H3/t27-;/m1./s1. The Morgan fingerprint density at radius 1 is 1.00 bits per heavy atom. The van der Waals surface area contributed by atoms with Crippen molar-refractivity contribution in [1.29, 1.82) is 0 Å². The lowest BCUT2D eigenvalue weighted by Gasteiger charge is -2.21. The lowest BCUT2D eigenvalue weighted by molar-refractivity contribution is 0.0378. The van der Waals surface area contributed by atoms with Crippen LogP contribution in [-0.2, 0) is 17.6 Å². The van der Waals surface area contributed by atoms with E-state index in [4.69, 9.17) is 4.74 Å².